The van der Waals surface area contributed by atoms with Crippen LogP contribution in [0.4, 0.5) is 0 Å². The van der Waals surface area contributed by atoms with Crippen LogP contribution in [0.3, 0.4) is 0 Å². The van der Waals surface area contributed by atoms with Gasteiger partial charge in [-0.1, -0.05) is 227 Å². The maximum atomic E-state index is 4.40. The summed E-state index contributed by atoms with van der Waals surface area (Å²) in [7, 11) is 0. The molecule has 0 amide bonds. The van der Waals surface area contributed by atoms with Gasteiger partial charge >= 0.3 is 0 Å². The molecule has 5 rings (SSSR count). The number of benzene rings is 1. The minimum absolute atomic E-state index is 0. The van der Waals surface area contributed by atoms with Crippen LogP contribution >= 0.6 is 34.0 Å². The van der Waals surface area contributed by atoms with E-state index in [2.05, 4.69) is 235 Å². The summed E-state index contributed by atoms with van der Waals surface area (Å²) in [6, 6.07) is 13.3. The molecule has 0 saturated heterocycles. The molecule has 6 heteroatoms. The van der Waals surface area contributed by atoms with Crippen LogP contribution in [0.25, 0.3) is 0 Å². The molecule has 0 fully saturated rings. The van der Waals surface area contributed by atoms with Gasteiger partial charge in [0.05, 0.1) is 11.2 Å². The van der Waals surface area contributed by atoms with E-state index in [1.54, 1.807) is 22.5 Å². The third-order valence-electron chi connectivity index (χ3n) is 10.3. The third-order valence-corrected chi connectivity index (χ3v) is 14.2. The normalized spacial score (nSPS) is 11.6. The second-order valence-corrected chi connectivity index (χ2v) is 26.1. The van der Waals surface area contributed by atoms with E-state index >= 15 is 0 Å². The van der Waals surface area contributed by atoms with Gasteiger partial charge in [-0.2, -0.15) is 0 Å². The number of thiophene rings is 2. The lowest BCUT2D eigenvalue weighted by atomic mass is 9.81. The van der Waals surface area contributed by atoms with Gasteiger partial charge in [-0.3, -0.25) is 0 Å². The lowest BCUT2D eigenvalue weighted by Gasteiger charge is -2.24. The second kappa shape index (κ2) is 29.4. The summed E-state index contributed by atoms with van der Waals surface area (Å²) in [5.41, 5.74) is 12.9. The van der Waals surface area contributed by atoms with E-state index in [0.29, 0.717) is 40.4 Å². The molecule has 0 aliphatic carbocycles. The molecule has 4 aromatic heterocycles. The summed E-state index contributed by atoms with van der Waals surface area (Å²) in [5.74, 6) is 2.96. The Hall–Kier alpha value is -2.67. The van der Waals surface area contributed by atoms with Crippen LogP contribution in [-0.2, 0) is 27.1 Å². The first-order valence-corrected chi connectivity index (χ1v) is 25.8. The van der Waals surface area contributed by atoms with E-state index in [1.807, 2.05) is 34.4 Å². The van der Waals surface area contributed by atoms with E-state index in [0.717, 1.165) is 0 Å². The van der Waals surface area contributed by atoms with Gasteiger partial charge in [-0.15, -0.1) is 34.0 Å². The topological polar surface area (TPSA) is 38.7 Å². The van der Waals surface area contributed by atoms with Crippen LogP contribution in [0.1, 0.15) is 286 Å². The summed E-state index contributed by atoms with van der Waals surface area (Å²) >= 11 is 5.54. The zero-order chi connectivity index (χ0) is 48.2. The van der Waals surface area contributed by atoms with E-state index in [9.17, 15) is 0 Å². The van der Waals surface area contributed by atoms with Gasteiger partial charge in [0.15, 0.2) is 0 Å². The van der Waals surface area contributed by atoms with Crippen LogP contribution in [0.2, 0.25) is 0 Å². The summed E-state index contributed by atoms with van der Waals surface area (Å²) in [6.07, 6.45) is 3.56. The van der Waals surface area contributed by atoms with Crippen molar-refractivity contribution in [2.45, 2.75) is 259 Å². The molecule has 0 radical (unpaired) electrons. The Morgan fingerprint density at radius 1 is 0.394 bits per heavy atom. The first-order chi connectivity index (χ1) is 28.1. The first-order valence-electron chi connectivity index (χ1n) is 23.1. The fourth-order valence-corrected chi connectivity index (χ4v) is 10.4. The predicted octanol–water partition coefficient (Wildman–Crippen LogP) is 21.5. The van der Waals surface area contributed by atoms with Gasteiger partial charge in [-0.05, 0) is 107 Å². The highest BCUT2D eigenvalue weighted by Gasteiger charge is 2.24. The van der Waals surface area contributed by atoms with Crippen molar-refractivity contribution in [1.29, 1.82) is 0 Å². The van der Waals surface area contributed by atoms with Crippen molar-refractivity contribution in [1.82, 2.24) is 15.0 Å². The van der Waals surface area contributed by atoms with Gasteiger partial charge in [0.25, 0.3) is 0 Å². The van der Waals surface area contributed by atoms with E-state index in [-0.39, 0.29) is 46.0 Å². The van der Waals surface area contributed by atoms with Crippen molar-refractivity contribution in [3.63, 3.8) is 0 Å². The Labute approximate surface area is 425 Å². The number of hydrogen-bond donors (Lipinski definition) is 0. The molecule has 380 valence electrons. The van der Waals surface area contributed by atoms with Crippen molar-refractivity contribution in [2.24, 2.45) is 0 Å². The number of thiazole rings is 1. The van der Waals surface area contributed by atoms with Crippen LogP contribution in [0, 0.1) is 0 Å². The lowest BCUT2D eigenvalue weighted by Crippen LogP contribution is -2.16. The average Bonchev–Trinajstić information content (AvgIpc) is 3.93. The highest BCUT2D eigenvalue weighted by Crippen LogP contribution is 2.36. The molecule has 0 saturated carbocycles. The molecule has 1 aromatic carbocycles. The predicted molar refractivity (Wildman–Crippen MR) is 310 cm³/mol. The van der Waals surface area contributed by atoms with E-state index < -0.39 is 0 Å². The molecule has 5 aromatic rings. The fraction of sp³-hybridized carbons (Fsp3) is 0.650. The van der Waals surface area contributed by atoms with E-state index in [4.69, 9.17) is 0 Å². The molecule has 0 unspecified atom stereocenters. The summed E-state index contributed by atoms with van der Waals surface area (Å²) in [4.78, 5) is 17.3. The van der Waals surface area contributed by atoms with Crippen molar-refractivity contribution < 1.29 is 0 Å². The quantitative estimate of drug-likeness (QED) is 0.176. The number of hydrogen-bond acceptors (Lipinski definition) is 6. The van der Waals surface area contributed by atoms with Gasteiger partial charge in [0, 0.05) is 26.5 Å². The van der Waals surface area contributed by atoms with Crippen LogP contribution in [-0.4, -0.2) is 15.0 Å². The highest BCUT2D eigenvalue weighted by molar-refractivity contribution is 7.10. The molecule has 0 N–H and O–H groups in total. The average molecular weight is 967 g/mol. The molecule has 3 nitrogen and oxygen atoms in total. The van der Waals surface area contributed by atoms with Crippen molar-refractivity contribution in [3.05, 3.63) is 119 Å². The van der Waals surface area contributed by atoms with E-state index in [1.165, 1.54) is 49.0 Å². The molecular weight excluding hydrogens is 859 g/mol. The molecule has 0 spiro atoms. The Balaban J connectivity index is -0.000000359. The number of rotatable bonds is 5. The Morgan fingerprint density at radius 3 is 1.18 bits per heavy atom. The largest absolute Gasteiger partial charge is 0.249 e. The maximum Gasteiger partial charge on any atom is 0.115 e. The number of aromatic nitrogens is 3. The second-order valence-electron chi connectivity index (χ2n) is 23.4. The van der Waals surface area contributed by atoms with Gasteiger partial charge in [0.2, 0.25) is 0 Å². The molecule has 0 atom stereocenters. The highest BCUT2D eigenvalue weighted by atomic mass is 32.1. The Morgan fingerprint density at radius 2 is 0.848 bits per heavy atom. The lowest BCUT2D eigenvalue weighted by molar-refractivity contribution is 0.566. The van der Waals surface area contributed by atoms with Crippen molar-refractivity contribution >= 4 is 34.0 Å². The van der Waals surface area contributed by atoms with Gasteiger partial charge in [-0.25, -0.2) is 15.0 Å². The van der Waals surface area contributed by atoms with Crippen LogP contribution < -0.4 is 0 Å². The summed E-state index contributed by atoms with van der Waals surface area (Å²) in [6.45, 7) is 56.1. The minimum atomic E-state index is 0. The van der Waals surface area contributed by atoms with Crippen LogP contribution in [0.5, 0.6) is 0 Å². The zero-order valence-electron chi connectivity index (χ0n) is 44.3. The van der Waals surface area contributed by atoms with Crippen molar-refractivity contribution in [3.8, 4) is 0 Å². The monoisotopic (exact) mass is 966 g/mol. The third kappa shape index (κ3) is 22.6. The van der Waals surface area contributed by atoms with Crippen LogP contribution in [0.15, 0.2) is 65.2 Å². The SMILES string of the molecule is C.C.C.C.CC(C)c1ccccc1C(C)(C)C.CC(C)c1ccsc1C(C)(C)C.CC(C)c1ncncc1C(C)(C)C.CC(C)c1ncsc1C(C)(C)C.CC(C)c1sccc1C(C)(C)C. The number of nitrogens with zero attached hydrogens (tertiary/aromatic N) is 3. The molecule has 66 heavy (non-hydrogen) atoms. The smallest absolute Gasteiger partial charge is 0.115 e. The summed E-state index contributed by atoms with van der Waals surface area (Å²) < 4.78 is 0. The standard InChI is InChI=1S/C13H20.C11H18N2.2C11H18S.C10H17NS.4CH4/c1-10(2)11-8-6-7-9-12(11)13(3,4)5;1-8(2)10-9(11(3,4)5)6-12-7-13-10;1-8(2)10-9(6-7-12-10)11(3,4)5;1-8(2)9-6-7-12-10(9)11(3,4)5;1-7(2)8-9(10(3,4)5)12-6-11-8;;;;/h6-10H,1-5H3;6-8H,1-5H3;2*6-8H,1-5H3;6-7H,1-5H3;4*1H4. The van der Waals surface area contributed by atoms with Gasteiger partial charge < -0.3 is 0 Å². The Kier molecular flexibility index (Phi) is 31.1. The Bertz CT molecular complexity index is 1810. The molecule has 0 aliphatic heterocycles. The molecule has 4 heterocycles. The molecule has 0 aliphatic rings. The van der Waals surface area contributed by atoms with Crippen molar-refractivity contribution in [2.75, 3.05) is 0 Å². The minimum Gasteiger partial charge on any atom is -0.249 e. The fourth-order valence-electron chi connectivity index (χ4n) is 7.06. The molecule has 0 bridgehead atoms. The first kappa shape index (κ1) is 69.9. The molecular formula is C60H107N3S3. The zero-order valence-corrected chi connectivity index (χ0v) is 46.8. The summed E-state index contributed by atoms with van der Waals surface area (Å²) in [5, 5.41) is 4.41. The van der Waals surface area contributed by atoms with Gasteiger partial charge in [0.1, 0.15) is 6.33 Å². The maximum absolute atomic E-state index is 4.40.